The predicted octanol–water partition coefficient (Wildman–Crippen LogP) is 4.05. The molecule has 4 nitrogen and oxygen atoms in total. The molecule has 0 aliphatic carbocycles. The monoisotopic (exact) mass is 350 g/mol. The topological polar surface area (TPSA) is 38.5 Å². The maximum absolute atomic E-state index is 5.49. The van der Waals surface area contributed by atoms with Crippen LogP contribution < -0.4 is 0 Å². The lowest BCUT2D eigenvalue weighted by Crippen LogP contribution is -2.01. The molecule has 3 rings (SSSR count). The van der Waals surface area contributed by atoms with Crippen LogP contribution in [0.25, 0.3) is 16.9 Å². The third-order valence-corrected chi connectivity index (χ3v) is 4.10. The SMILES string of the molecule is CCc1nn(C)c2c1[nH]c(=S)n2-c1cc(C)cc(Br)c1. The summed E-state index contributed by atoms with van der Waals surface area (Å²) in [4.78, 5) is 3.28. The van der Waals surface area contributed by atoms with Gasteiger partial charge in [0.25, 0.3) is 0 Å². The van der Waals surface area contributed by atoms with Crippen molar-refractivity contribution in [3.8, 4) is 5.69 Å². The van der Waals surface area contributed by atoms with E-state index in [0.717, 1.165) is 33.4 Å². The standard InChI is InChI=1S/C14H15BrN4S/c1-4-11-12-13(18(3)17-11)19(14(20)16-12)10-6-8(2)5-9(15)7-10/h5-7H,4H2,1-3H3,(H,16,20). The van der Waals surface area contributed by atoms with Crippen LogP contribution in [0, 0.1) is 11.7 Å². The molecule has 6 heteroatoms. The van der Waals surface area contributed by atoms with Gasteiger partial charge >= 0.3 is 0 Å². The van der Waals surface area contributed by atoms with E-state index in [-0.39, 0.29) is 0 Å². The van der Waals surface area contributed by atoms with Gasteiger partial charge < -0.3 is 4.98 Å². The summed E-state index contributed by atoms with van der Waals surface area (Å²) in [6, 6.07) is 6.26. The fourth-order valence-corrected chi connectivity index (χ4v) is 3.44. The van der Waals surface area contributed by atoms with Crippen LogP contribution in [0.3, 0.4) is 0 Å². The van der Waals surface area contributed by atoms with Crippen molar-refractivity contribution in [2.45, 2.75) is 20.3 Å². The Morgan fingerprint density at radius 3 is 2.75 bits per heavy atom. The highest BCUT2D eigenvalue weighted by Gasteiger charge is 2.15. The fourth-order valence-electron chi connectivity index (χ4n) is 2.55. The number of benzene rings is 1. The molecule has 0 radical (unpaired) electrons. The number of hydrogen-bond donors (Lipinski definition) is 1. The zero-order valence-corrected chi connectivity index (χ0v) is 14.0. The van der Waals surface area contributed by atoms with Gasteiger partial charge in [-0.05, 0) is 49.3 Å². The van der Waals surface area contributed by atoms with Crippen molar-refractivity contribution >= 4 is 39.3 Å². The summed E-state index contributed by atoms with van der Waals surface area (Å²) < 4.78 is 5.66. The van der Waals surface area contributed by atoms with Crippen LogP contribution in [-0.4, -0.2) is 19.3 Å². The third kappa shape index (κ3) is 2.03. The first-order valence-electron chi connectivity index (χ1n) is 6.45. The zero-order valence-electron chi connectivity index (χ0n) is 11.6. The number of nitrogens with one attached hydrogen (secondary N) is 1. The van der Waals surface area contributed by atoms with E-state index >= 15 is 0 Å². The van der Waals surface area contributed by atoms with Gasteiger partial charge in [0.1, 0.15) is 5.52 Å². The average Bonchev–Trinajstić information content (AvgIpc) is 2.85. The molecule has 0 unspecified atom stereocenters. The van der Waals surface area contributed by atoms with E-state index in [1.807, 2.05) is 16.3 Å². The smallest absolute Gasteiger partial charge is 0.184 e. The normalized spacial score (nSPS) is 11.4. The van der Waals surface area contributed by atoms with Gasteiger partial charge in [-0.25, -0.2) is 4.68 Å². The molecule has 0 fully saturated rings. The Morgan fingerprint density at radius 2 is 2.10 bits per heavy atom. The highest BCUT2D eigenvalue weighted by molar-refractivity contribution is 9.10. The van der Waals surface area contributed by atoms with Gasteiger partial charge in [-0.2, -0.15) is 5.10 Å². The van der Waals surface area contributed by atoms with Crippen LogP contribution in [-0.2, 0) is 13.5 Å². The highest BCUT2D eigenvalue weighted by Crippen LogP contribution is 2.25. The minimum absolute atomic E-state index is 0.695. The molecule has 1 aromatic carbocycles. The number of imidazole rings is 1. The van der Waals surface area contributed by atoms with E-state index in [4.69, 9.17) is 12.2 Å². The van der Waals surface area contributed by atoms with Crippen molar-refractivity contribution in [3.63, 3.8) is 0 Å². The van der Waals surface area contributed by atoms with Crippen LogP contribution in [0.15, 0.2) is 22.7 Å². The molecular formula is C14H15BrN4S. The van der Waals surface area contributed by atoms with Crippen molar-refractivity contribution in [2.24, 2.45) is 7.05 Å². The Balaban J connectivity index is 2.38. The van der Waals surface area contributed by atoms with Crippen molar-refractivity contribution in [3.05, 3.63) is 38.7 Å². The molecule has 0 amide bonds. The maximum atomic E-state index is 5.49. The number of hydrogen-bond acceptors (Lipinski definition) is 2. The Hall–Kier alpha value is -1.40. The Labute approximate surface area is 130 Å². The number of nitrogens with zero attached hydrogens (tertiary/aromatic N) is 3. The lowest BCUT2D eigenvalue weighted by molar-refractivity contribution is 0.748. The zero-order chi connectivity index (χ0) is 14.4. The van der Waals surface area contributed by atoms with Crippen LogP contribution >= 0.6 is 28.1 Å². The summed E-state index contributed by atoms with van der Waals surface area (Å²) >= 11 is 9.04. The molecule has 0 aliphatic rings. The number of aromatic amines is 1. The van der Waals surface area contributed by atoms with Gasteiger partial charge in [0.15, 0.2) is 10.4 Å². The molecule has 0 saturated carbocycles. The molecule has 2 aromatic heterocycles. The van der Waals surface area contributed by atoms with E-state index in [2.05, 4.69) is 58.1 Å². The summed E-state index contributed by atoms with van der Waals surface area (Å²) in [6.45, 7) is 4.17. The van der Waals surface area contributed by atoms with Crippen molar-refractivity contribution in [1.29, 1.82) is 0 Å². The summed E-state index contributed by atoms with van der Waals surface area (Å²) in [5, 5.41) is 4.55. The third-order valence-electron chi connectivity index (χ3n) is 3.36. The first-order valence-corrected chi connectivity index (χ1v) is 7.65. The van der Waals surface area contributed by atoms with Crippen LogP contribution in [0.4, 0.5) is 0 Å². The predicted molar refractivity (Wildman–Crippen MR) is 87.0 cm³/mol. The molecule has 0 aliphatic heterocycles. The first-order chi connectivity index (χ1) is 9.51. The van der Waals surface area contributed by atoms with Crippen LogP contribution in [0.2, 0.25) is 0 Å². The van der Waals surface area contributed by atoms with Gasteiger partial charge in [-0.3, -0.25) is 4.57 Å². The molecular weight excluding hydrogens is 336 g/mol. The van der Waals surface area contributed by atoms with Gasteiger partial charge in [0.2, 0.25) is 0 Å². The summed E-state index contributed by atoms with van der Waals surface area (Å²) in [5.74, 6) is 0. The van der Waals surface area contributed by atoms with Crippen molar-refractivity contribution in [1.82, 2.24) is 19.3 Å². The molecule has 0 saturated heterocycles. The second kappa shape index (κ2) is 4.86. The summed E-state index contributed by atoms with van der Waals surface area (Å²) in [5.41, 5.74) is 5.29. The molecule has 1 N–H and O–H groups in total. The lowest BCUT2D eigenvalue weighted by Gasteiger charge is -2.07. The van der Waals surface area contributed by atoms with Gasteiger partial charge in [-0.1, -0.05) is 22.9 Å². The Morgan fingerprint density at radius 1 is 1.35 bits per heavy atom. The van der Waals surface area contributed by atoms with E-state index < -0.39 is 0 Å². The molecule has 20 heavy (non-hydrogen) atoms. The first kappa shape index (κ1) is 13.6. The molecule has 2 heterocycles. The van der Waals surface area contributed by atoms with Crippen molar-refractivity contribution < 1.29 is 0 Å². The number of H-pyrrole nitrogens is 1. The second-order valence-corrected chi connectivity index (χ2v) is 6.18. The molecule has 0 spiro atoms. The van der Waals surface area contributed by atoms with Crippen molar-refractivity contribution in [2.75, 3.05) is 0 Å². The number of halogens is 1. The van der Waals surface area contributed by atoms with E-state index in [0.29, 0.717) is 4.77 Å². The Kier molecular flexibility index (Phi) is 3.30. The largest absolute Gasteiger partial charge is 0.327 e. The number of aryl methyl sites for hydroxylation is 3. The van der Waals surface area contributed by atoms with Gasteiger partial charge in [0.05, 0.1) is 11.4 Å². The minimum atomic E-state index is 0.695. The van der Waals surface area contributed by atoms with Crippen LogP contribution in [0.5, 0.6) is 0 Å². The second-order valence-electron chi connectivity index (χ2n) is 4.87. The number of aromatic nitrogens is 4. The average molecular weight is 351 g/mol. The molecule has 104 valence electrons. The quantitative estimate of drug-likeness (QED) is 0.708. The molecule has 0 bridgehead atoms. The van der Waals surface area contributed by atoms with E-state index in [9.17, 15) is 0 Å². The molecule has 0 atom stereocenters. The Bertz CT molecular complexity index is 836. The maximum Gasteiger partial charge on any atom is 0.184 e. The number of rotatable bonds is 2. The van der Waals surface area contributed by atoms with Crippen LogP contribution in [0.1, 0.15) is 18.2 Å². The highest BCUT2D eigenvalue weighted by atomic mass is 79.9. The van der Waals surface area contributed by atoms with E-state index in [1.54, 1.807) is 0 Å². The fraction of sp³-hybridized carbons (Fsp3) is 0.286. The molecule has 3 aromatic rings. The van der Waals surface area contributed by atoms with Gasteiger partial charge in [-0.15, -0.1) is 0 Å². The van der Waals surface area contributed by atoms with E-state index in [1.165, 1.54) is 5.56 Å². The lowest BCUT2D eigenvalue weighted by atomic mass is 10.2. The van der Waals surface area contributed by atoms with Gasteiger partial charge in [0, 0.05) is 11.5 Å². The summed E-state index contributed by atoms with van der Waals surface area (Å²) in [7, 11) is 1.95. The minimum Gasteiger partial charge on any atom is -0.327 e. The number of fused-ring (bicyclic) bond motifs is 1. The summed E-state index contributed by atoms with van der Waals surface area (Å²) in [6.07, 6.45) is 0.879.